The molecule has 1 aliphatic carbocycles. The normalized spacial score (nSPS) is 14.2. The number of halogens is 3. The van der Waals surface area contributed by atoms with Crippen molar-refractivity contribution >= 4 is 29.0 Å². The van der Waals surface area contributed by atoms with Gasteiger partial charge in [0.1, 0.15) is 6.54 Å². The molecule has 196 valence electrons. The van der Waals surface area contributed by atoms with Crippen LogP contribution in [-0.2, 0) is 24.1 Å². The Bertz CT molecular complexity index is 1160. The summed E-state index contributed by atoms with van der Waals surface area (Å²) in [5.41, 5.74) is 0.188. The number of urea groups is 1. The van der Waals surface area contributed by atoms with Crippen LogP contribution in [0.1, 0.15) is 48.1 Å². The van der Waals surface area contributed by atoms with E-state index >= 15 is 0 Å². The number of carbonyl (C=O) groups excluding carboxylic acids is 2. The van der Waals surface area contributed by atoms with Crippen LogP contribution in [0.2, 0.25) is 0 Å². The molecule has 0 spiro atoms. The quantitative estimate of drug-likeness (QED) is 0.337. The van der Waals surface area contributed by atoms with Crippen molar-refractivity contribution in [3.63, 3.8) is 0 Å². The van der Waals surface area contributed by atoms with Gasteiger partial charge in [-0.2, -0.15) is 13.2 Å². The highest BCUT2D eigenvalue weighted by Crippen LogP contribution is 2.31. The maximum atomic E-state index is 13.6. The third-order valence-corrected chi connectivity index (χ3v) is 7.38. The van der Waals surface area contributed by atoms with Crippen molar-refractivity contribution in [2.75, 3.05) is 11.9 Å². The molecule has 37 heavy (non-hydrogen) atoms. The molecule has 5 nitrogen and oxygen atoms in total. The molecule has 0 aliphatic heterocycles. The summed E-state index contributed by atoms with van der Waals surface area (Å²) in [7, 11) is 0. The van der Waals surface area contributed by atoms with Crippen LogP contribution in [0.3, 0.4) is 0 Å². The summed E-state index contributed by atoms with van der Waals surface area (Å²) < 4.78 is 39.5. The Balaban J connectivity index is 1.54. The SMILES string of the molecule is O=C(CN(C(=O)Nc1cccc(C(F)(F)F)c1)C1CCCCC1)N(Cc1ccccc1)Cc1cccs1. The number of carbonyl (C=O) groups is 2. The molecule has 0 atom stereocenters. The topological polar surface area (TPSA) is 52.7 Å². The summed E-state index contributed by atoms with van der Waals surface area (Å²) in [5.74, 6) is -0.206. The molecule has 2 aromatic carbocycles. The molecule has 4 rings (SSSR count). The van der Waals surface area contributed by atoms with E-state index in [1.807, 2.05) is 47.8 Å². The van der Waals surface area contributed by atoms with Crippen LogP contribution in [0.5, 0.6) is 0 Å². The van der Waals surface area contributed by atoms with Gasteiger partial charge in [-0.05, 0) is 48.1 Å². The second kappa shape index (κ2) is 12.3. The first kappa shape index (κ1) is 26.7. The molecule has 1 fully saturated rings. The number of nitrogens with one attached hydrogen (secondary N) is 1. The second-order valence-electron chi connectivity index (χ2n) is 9.24. The van der Waals surface area contributed by atoms with E-state index in [0.29, 0.717) is 13.1 Å². The minimum absolute atomic E-state index is 0.0489. The second-order valence-corrected chi connectivity index (χ2v) is 10.3. The number of nitrogens with zero attached hydrogens (tertiary/aromatic N) is 2. The van der Waals surface area contributed by atoms with Gasteiger partial charge in [0.05, 0.1) is 12.1 Å². The summed E-state index contributed by atoms with van der Waals surface area (Å²) in [5, 5.41) is 4.57. The van der Waals surface area contributed by atoms with E-state index in [0.717, 1.165) is 54.7 Å². The minimum atomic E-state index is -4.51. The minimum Gasteiger partial charge on any atom is -0.332 e. The van der Waals surface area contributed by atoms with Crippen LogP contribution in [-0.4, -0.2) is 34.3 Å². The van der Waals surface area contributed by atoms with E-state index in [4.69, 9.17) is 0 Å². The van der Waals surface area contributed by atoms with E-state index in [1.54, 1.807) is 16.2 Å². The summed E-state index contributed by atoms with van der Waals surface area (Å²) >= 11 is 1.56. The number of amides is 3. The van der Waals surface area contributed by atoms with Gasteiger partial charge in [-0.25, -0.2) is 4.79 Å². The van der Waals surface area contributed by atoms with Crippen LogP contribution >= 0.6 is 11.3 Å². The summed E-state index contributed by atoms with van der Waals surface area (Å²) in [6.07, 6.45) is -0.0599. The van der Waals surface area contributed by atoms with Crippen LogP contribution in [0.15, 0.2) is 72.1 Å². The van der Waals surface area contributed by atoms with Crippen molar-refractivity contribution in [2.45, 2.75) is 57.4 Å². The fourth-order valence-corrected chi connectivity index (χ4v) is 5.32. The van der Waals surface area contributed by atoms with Gasteiger partial charge in [-0.15, -0.1) is 11.3 Å². The molecular weight excluding hydrogens is 499 g/mol. The van der Waals surface area contributed by atoms with Gasteiger partial charge in [0.2, 0.25) is 5.91 Å². The molecule has 3 aromatic rings. The highest BCUT2D eigenvalue weighted by Gasteiger charge is 2.32. The number of hydrogen-bond donors (Lipinski definition) is 1. The summed E-state index contributed by atoms with van der Waals surface area (Å²) in [6, 6.07) is 17.4. The van der Waals surface area contributed by atoms with E-state index in [1.165, 1.54) is 17.0 Å². The van der Waals surface area contributed by atoms with Crippen LogP contribution in [0, 0.1) is 0 Å². The Morgan fingerprint density at radius 1 is 0.919 bits per heavy atom. The van der Waals surface area contributed by atoms with Crippen molar-refractivity contribution in [1.82, 2.24) is 9.80 Å². The largest absolute Gasteiger partial charge is 0.416 e. The molecular formula is C28H30F3N3O2S. The molecule has 9 heteroatoms. The molecule has 1 aromatic heterocycles. The van der Waals surface area contributed by atoms with Crippen molar-refractivity contribution in [2.24, 2.45) is 0 Å². The Morgan fingerprint density at radius 3 is 2.35 bits per heavy atom. The number of anilines is 1. The van der Waals surface area contributed by atoms with Gasteiger partial charge in [-0.1, -0.05) is 61.7 Å². The van der Waals surface area contributed by atoms with Crippen molar-refractivity contribution < 1.29 is 22.8 Å². The lowest BCUT2D eigenvalue weighted by atomic mass is 9.94. The third-order valence-electron chi connectivity index (χ3n) is 6.52. The molecule has 1 saturated carbocycles. The van der Waals surface area contributed by atoms with Crippen molar-refractivity contribution in [3.8, 4) is 0 Å². The first-order valence-electron chi connectivity index (χ1n) is 12.4. The molecule has 0 bridgehead atoms. The predicted molar refractivity (Wildman–Crippen MR) is 139 cm³/mol. The molecule has 1 N–H and O–H groups in total. The van der Waals surface area contributed by atoms with Gasteiger partial charge in [0.15, 0.2) is 0 Å². The Kier molecular flexibility index (Phi) is 8.87. The average Bonchev–Trinajstić information content (AvgIpc) is 3.41. The van der Waals surface area contributed by atoms with Crippen LogP contribution in [0.4, 0.5) is 23.7 Å². The number of hydrogen-bond acceptors (Lipinski definition) is 3. The molecule has 0 radical (unpaired) electrons. The predicted octanol–water partition coefficient (Wildman–Crippen LogP) is 7.16. The maximum absolute atomic E-state index is 13.6. The van der Waals surface area contributed by atoms with E-state index in [2.05, 4.69) is 5.32 Å². The highest BCUT2D eigenvalue weighted by molar-refractivity contribution is 7.09. The number of alkyl halides is 3. The Hall–Kier alpha value is -3.33. The standard InChI is InChI=1S/C28H30F3N3O2S/c29-28(30,31)22-11-7-12-23(17-22)32-27(36)34(24-13-5-2-6-14-24)20-26(35)33(19-25-15-8-16-37-25)18-21-9-3-1-4-10-21/h1,3-4,7-12,15-17,24H,2,5-6,13-14,18-20H2,(H,32,36). The van der Waals surface area contributed by atoms with Gasteiger partial charge in [-0.3, -0.25) is 4.79 Å². The molecule has 1 heterocycles. The molecule has 3 amide bonds. The zero-order valence-electron chi connectivity index (χ0n) is 20.4. The zero-order chi connectivity index (χ0) is 26.3. The highest BCUT2D eigenvalue weighted by atomic mass is 32.1. The van der Waals surface area contributed by atoms with Gasteiger partial charge < -0.3 is 15.1 Å². The third kappa shape index (κ3) is 7.58. The first-order chi connectivity index (χ1) is 17.8. The van der Waals surface area contributed by atoms with Crippen molar-refractivity contribution in [3.05, 3.63) is 88.1 Å². The number of benzene rings is 2. The van der Waals surface area contributed by atoms with E-state index in [-0.39, 0.29) is 24.2 Å². The van der Waals surface area contributed by atoms with Gasteiger partial charge in [0.25, 0.3) is 0 Å². The zero-order valence-corrected chi connectivity index (χ0v) is 21.2. The Morgan fingerprint density at radius 2 is 1.68 bits per heavy atom. The molecule has 1 aliphatic rings. The van der Waals surface area contributed by atoms with Gasteiger partial charge in [0, 0.05) is 23.2 Å². The number of thiophene rings is 1. The first-order valence-corrected chi connectivity index (χ1v) is 13.3. The fraction of sp³-hybridized carbons (Fsp3) is 0.357. The lowest BCUT2D eigenvalue weighted by Gasteiger charge is -2.35. The number of rotatable bonds is 8. The monoisotopic (exact) mass is 529 g/mol. The van der Waals surface area contributed by atoms with E-state index in [9.17, 15) is 22.8 Å². The van der Waals surface area contributed by atoms with E-state index < -0.39 is 17.8 Å². The summed E-state index contributed by atoms with van der Waals surface area (Å²) in [6.45, 7) is 0.665. The van der Waals surface area contributed by atoms with Crippen molar-refractivity contribution in [1.29, 1.82) is 0 Å². The molecule has 0 unspecified atom stereocenters. The maximum Gasteiger partial charge on any atom is 0.416 e. The smallest absolute Gasteiger partial charge is 0.332 e. The lowest BCUT2D eigenvalue weighted by molar-refractivity contribution is -0.137. The molecule has 0 saturated heterocycles. The average molecular weight is 530 g/mol. The lowest BCUT2D eigenvalue weighted by Crippen LogP contribution is -2.49. The summed E-state index contributed by atoms with van der Waals surface area (Å²) in [4.78, 5) is 31.3. The van der Waals surface area contributed by atoms with Gasteiger partial charge >= 0.3 is 12.2 Å². The van der Waals surface area contributed by atoms with Crippen LogP contribution < -0.4 is 5.32 Å². The fourth-order valence-electron chi connectivity index (χ4n) is 4.60. The van der Waals surface area contributed by atoms with Crippen LogP contribution in [0.25, 0.3) is 0 Å². The Labute approximate surface area is 218 Å².